The van der Waals surface area contributed by atoms with Crippen LogP contribution >= 0.6 is 0 Å². The van der Waals surface area contributed by atoms with E-state index in [1.165, 1.54) is 6.07 Å². The molecule has 1 heterocycles. The van der Waals surface area contributed by atoms with Gasteiger partial charge in [-0.05, 0) is 12.1 Å². The van der Waals surface area contributed by atoms with E-state index in [-0.39, 0.29) is 17.1 Å². The van der Waals surface area contributed by atoms with Crippen LogP contribution in [-0.2, 0) is 0 Å². The Balaban J connectivity index is 2.41. The highest BCUT2D eigenvalue weighted by Gasteiger charge is 2.10. The predicted octanol–water partition coefficient (Wildman–Crippen LogP) is 2.48. The third-order valence-corrected chi connectivity index (χ3v) is 2.04. The van der Waals surface area contributed by atoms with Crippen LogP contribution in [0.2, 0.25) is 0 Å². The van der Waals surface area contributed by atoms with E-state index < -0.39 is 17.8 Å². The number of benzene rings is 1. The molecule has 0 aliphatic rings. The lowest BCUT2D eigenvalue weighted by molar-refractivity contribution is 0.142. The third-order valence-electron chi connectivity index (χ3n) is 2.04. The van der Waals surface area contributed by atoms with E-state index in [4.69, 9.17) is 5.11 Å². The molecule has 0 amide bonds. The van der Waals surface area contributed by atoms with Crippen molar-refractivity contribution in [3.63, 3.8) is 0 Å². The lowest BCUT2D eigenvalue weighted by atomic mass is 10.1. The molecule has 0 saturated heterocycles. The zero-order valence-corrected chi connectivity index (χ0v) is 8.80. The van der Waals surface area contributed by atoms with Gasteiger partial charge in [0, 0.05) is 17.7 Å². The second-order valence-electron chi connectivity index (χ2n) is 3.23. The molecule has 0 fully saturated rings. The van der Waals surface area contributed by atoms with Gasteiger partial charge in [0.1, 0.15) is 18.0 Å². The first-order valence-electron chi connectivity index (χ1n) is 4.74. The maximum absolute atomic E-state index is 13.5. The van der Waals surface area contributed by atoms with E-state index in [9.17, 15) is 13.6 Å². The number of aromatic nitrogens is 2. The first-order valence-corrected chi connectivity index (χ1v) is 4.74. The molecule has 0 radical (unpaired) electrons. The van der Waals surface area contributed by atoms with Crippen molar-refractivity contribution in [3.05, 3.63) is 42.2 Å². The van der Waals surface area contributed by atoms with Crippen LogP contribution in [0.4, 0.5) is 13.6 Å². The van der Waals surface area contributed by atoms with E-state index in [0.29, 0.717) is 6.07 Å². The van der Waals surface area contributed by atoms with Crippen LogP contribution in [0.1, 0.15) is 0 Å². The van der Waals surface area contributed by atoms with Crippen LogP contribution in [0.5, 0.6) is 5.88 Å². The summed E-state index contributed by atoms with van der Waals surface area (Å²) >= 11 is 0. The highest BCUT2D eigenvalue weighted by Crippen LogP contribution is 2.23. The highest BCUT2D eigenvalue weighted by atomic mass is 19.1. The molecule has 1 aromatic carbocycles. The summed E-state index contributed by atoms with van der Waals surface area (Å²) < 4.78 is 30.5. The largest absolute Gasteiger partial charge is 0.512 e. The molecule has 1 N–H and O–H groups in total. The Morgan fingerprint density at radius 1 is 1.22 bits per heavy atom. The van der Waals surface area contributed by atoms with Crippen molar-refractivity contribution in [1.29, 1.82) is 0 Å². The van der Waals surface area contributed by atoms with Gasteiger partial charge in [-0.1, -0.05) is 0 Å². The molecule has 1 aromatic heterocycles. The fourth-order valence-electron chi connectivity index (χ4n) is 1.33. The van der Waals surface area contributed by atoms with Gasteiger partial charge in [0.2, 0.25) is 5.88 Å². The smallest absolute Gasteiger partial charge is 0.449 e. The van der Waals surface area contributed by atoms with Gasteiger partial charge in [-0.15, -0.1) is 0 Å². The molecule has 0 spiro atoms. The van der Waals surface area contributed by atoms with Crippen LogP contribution in [0.25, 0.3) is 11.3 Å². The highest BCUT2D eigenvalue weighted by molar-refractivity contribution is 5.63. The van der Waals surface area contributed by atoms with E-state index in [2.05, 4.69) is 14.7 Å². The van der Waals surface area contributed by atoms with Gasteiger partial charge in [-0.2, -0.15) is 0 Å². The van der Waals surface area contributed by atoms with E-state index in [1.54, 1.807) is 0 Å². The quantitative estimate of drug-likeness (QED) is 0.831. The number of rotatable bonds is 2. The molecule has 5 nitrogen and oxygen atoms in total. The molecule has 0 aliphatic carbocycles. The summed E-state index contributed by atoms with van der Waals surface area (Å²) in [5, 5.41) is 8.41. The molecule has 0 bridgehead atoms. The molecule has 0 unspecified atom stereocenters. The average Bonchev–Trinajstić information content (AvgIpc) is 2.28. The number of halogens is 2. The average molecular weight is 252 g/mol. The standard InChI is InChI=1S/C11H6F2N2O3/c12-6-1-2-7(8(13)3-6)9-4-10(15-5-14-9)18-11(16)17/h1-5H,(H,16,17). The van der Waals surface area contributed by atoms with Gasteiger partial charge in [0.05, 0.1) is 5.69 Å². The molecule has 92 valence electrons. The minimum Gasteiger partial charge on any atom is -0.449 e. The summed E-state index contributed by atoms with van der Waals surface area (Å²) in [6.45, 7) is 0. The summed E-state index contributed by atoms with van der Waals surface area (Å²) in [7, 11) is 0. The Morgan fingerprint density at radius 3 is 2.67 bits per heavy atom. The Morgan fingerprint density at radius 2 is 2.00 bits per heavy atom. The van der Waals surface area contributed by atoms with Crippen LogP contribution < -0.4 is 4.74 Å². The first kappa shape index (κ1) is 11.9. The van der Waals surface area contributed by atoms with Crippen molar-refractivity contribution in [3.8, 4) is 17.1 Å². The zero-order chi connectivity index (χ0) is 13.1. The van der Waals surface area contributed by atoms with Gasteiger partial charge in [-0.25, -0.2) is 23.5 Å². The molecule has 2 rings (SSSR count). The maximum Gasteiger partial charge on any atom is 0.512 e. The number of carboxylic acid groups (broad SMARTS) is 1. The number of hydrogen-bond acceptors (Lipinski definition) is 4. The Hall–Kier alpha value is -2.57. The van der Waals surface area contributed by atoms with Gasteiger partial charge in [-0.3, -0.25) is 0 Å². The number of carbonyl (C=O) groups is 1. The maximum atomic E-state index is 13.5. The number of hydrogen-bond donors (Lipinski definition) is 1. The van der Waals surface area contributed by atoms with Crippen molar-refractivity contribution in [2.75, 3.05) is 0 Å². The second-order valence-corrected chi connectivity index (χ2v) is 3.23. The lowest BCUT2D eigenvalue weighted by Crippen LogP contribution is -2.05. The molecular weight excluding hydrogens is 246 g/mol. The van der Waals surface area contributed by atoms with Crippen molar-refractivity contribution in [2.45, 2.75) is 0 Å². The molecule has 18 heavy (non-hydrogen) atoms. The predicted molar refractivity (Wildman–Crippen MR) is 56.0 cm³/mol. The second kappa shape index (κ2) is 4.74. The zero-order valence-electron chi connectivity index (χ0n) is 8.80. The number of nitrogens with zero attached hydrogens (tertiary/aromatic N) is 2. The SMILES string of the molecule is O=C(O)Oc1cc(-c2ccc(F)cc2F)ncn1. The molecule has 7 heteroatoms. The fourth-order valence-corrected chi connectivity index (χ4v) is 1.33. The number of ether oxygens (including phenoxy) is 1. The lowest BCUT2D eigenvalue weighted by Gasteiger charge is -2.04. The van der Waals surface area contributed by atoms with E-state index in [0.717, 1.165) is 18.5 Å². The monoisotopic (exact) mass is 252 g/mol. The Labute approximate surface area is 99.7 Å². The van der Waals surface area contributed by atoms with Crippen LogP contribution in [0.3, 0.4) is 0 Å². The Bertz CT molecular complexity index is 605. The van der Waals surface area contributed by atoms with Gasteiger partial charge >= 0.3 is 6.16 Å². The molecule has 0 atom stereocenters. The topological polar surface area (TPSA) is 72.3 Å². The van der Waals surface area contributed by atoms with Gasteiger partial charge < -0.3 is 9.84 Å². The fraction of sp³-hybridized carbons (Fsp3) is 0. The normalized spacial score (nSPS) is 10.1. The summed E-state index contributed by atoms with van der Waals surface area (Å²) in [5.74, 6) is -1.77. The van der Waals surface area contributed by atoms with Crippen molar-refractivity contribution in [1.82, 2.24) is 9.97 Å². The van der Waals surface area contributed by atoms with Crippen molar-refractivity contribution < 1.29 is 23.4 Å². The van der Waals surface area contributed by atoms with Gasteiger partial charge in [0.15, 0.2) is 0 Å². The molecule has 0 aliphatic heterocycles. The van der Waals surface area contributed by atoms with Crippen molar-refractivity contribution >= 4 is 6.16 Å². The molecule has 0 saturated carbocycles. The first-order chi connectivity index (χ1) is 8.56. The minimum atomic E-state index is -1.54. The third kappa shape index (κ3) is 2.57. The van der Waals surface area contributed by atoms with E-state index >= 15 is 0 Å². The summed E-state index contributed by atoms with van der Waals surface area (Å²) in [5.41, 5.74) is 0.118. The van der Waals surface area contributed by atoms with Gasteiger partial charge in [0.25, 0.3) is 0 Å². The van der Waals surface area contributed by atoms with E-state index in [1.807, 2.05) is 0 Å². The van der Waals surface area contributed by atoms with Crippen LogP contribution in [0, 0.1) is 11.6 Å². The summed E-state index contributed by atoms with van der Waals surface area (Å²) in [4.78, 5) is 17.6. The summed E-state index contributed by atoms with van der Waals surface area (Å²) in [6.07, 6.45) is -0.518. The molecule has 2 aromatic rings. The Kier molecular flexibility index (Phi) is 3.13. The van der Waals surface area contributed by atoms with Crippen molar-refractivity contribution in [2.24, 2.45) is 0 Å². The minimum absolute atomic E-state index is 0.0223. The van der Waals surface area contributed by atoms with Crippen LogP contribution in [-0.4, -0.2) is 21.2 Å². The summed E-state index contributed by atoms with van der Waals surface area (Å²) in [6, 6.07) is 4.11. The van der Waals surface area contributed by atoms with Crippen LogP contribution in [0.15, 0.2) is 30.6 Å². The molecular formula is C11H6F2N2O3.